The standard InChI is InChI=1S/C53H84N2O16/c1-32-20-16-13-11-9-7-5-6-8-10-12-14-19-23-40(70-52-50(65)47(54)49(64)35(4)69-52)29-44-46(51(66)55-36-21-17-15-18-22-36)43(61)31-53(67,71-44)30-39(58)27-42(60)41(59)25-24-37(56)26-38(57)28-45(62)68-34(3)33(2)48(32)63/h5-14,16,19-20,23,32-44,46-50,52,56-61,63-65,67H,15,17-18,21-22,24-31,54H2,1-4H3,(H,55,66)/t32-,33-,34-,35+,37+,38+,39-,40-,41+,42+,43-,44-,46+,47-,48+,49+,50-,52-,53+/m0/s1. The number of nitrogens with two attached hydrogens (primary N) is 1. The third-order valence-electron chi connectivity index (χ3n) is 14.0. The minimum absolute atomic E-state index is 0.0856. The molecule has 3 fully saturated rings. The normalized spacial score (nSPS) is 41.0. The number of hydrogen-bond acceptors (Lipinski definition) is 17. The maximum Gasteiger partial charge on any atom is 0.308 e. The summed E-state index contributed by atoms with van der Waals surface area (Å²) in [7, 11) is 0. The lowest BCUT2D eigenvalue weighted by atomic mass is 9.81. The predicted molar refractivity (Wildman–Crippen MR) is 264 cm³/mol. The van der Waals surface area contributed by atoms with Crippen LogP contribution in [-0.4, -0.2) is 166 Å². The molecule has 71 heavy (non-hydrogen) atoms. The smallest absolute Gasteiger partial charge is 0.308 e. The quantitative estimate of drug-likeness (QED) is 0.180. The predicted octanol–water partition coefficient (Wildman–Crippen LogP) is 2.08. The van der Waals surface area contributed by atoms with Crippen LogP contribution in [0.4, 0.5) is 0 Å². The highest BCUT2D eigenvalue weighted by atomic mass is 16.7. The Hall–Kier alpha value is -3.44. The lowest BCUT2D eigenvalue weighted by molar-refractivity contribution is -0.307. The zero-order chi connectivity index (χ0) is 52.3. The van der Waals surface area contributed by atoms with Crippen molar-refractivity contribution in [2.75, 3.05) is 0 Å². The van der Waals surface area contributed by atoms with E-state index in [-0.39, 0.29) is 37.6 Å². The number of rotatable bonds is 4. The average molecular weight is 1010 g/mol. The number of esters is 1. The number of amides is 1. The number of cyclic esters (lactones) is 1. The van der Waals surface area contributed by atoms with E-state index in [1.54, 1.807) is 57.2 Å². The van der Waals surface area contributed by atoms with Crippen molar-refractivity contribution in [3.8, 4) is 0 Å². The minimum atomic E-state index is -2.25. The second-order valence-corrected chi connectivity index (χ2v) is 20.1. The van der Waals surface area contributed by atoms with Crippen LogP contribution in [0, 0.1) is 17.8 Å². The van der Waals surface area contributed by atoms with Gasteiger partial charge in [0.15, 0.2) is 12.1 Å². The number of hydrogen-bond donors (Lipinski definition) is 12. The molecule has 0 spiro atoms. The summed E-state index contributed by atoms with van der Waals surface area (Å²) in [6.07, 6.45) is 9.70. The summed E-state index contributed by atoms with van der Waals surface area (Å²) in [5.41, 5.74) is 6.13. The lowest BCUT2D eigenvalue weighted by Gasteiger charge is -2.46. The van der Waals surface area contributed by atoms with Crippen LogP contribution in [0.25, 0.3) is 0 Å². The highest BCUT2D eigenvalue weighted by molar-refractivity contribution is 5.80. The molecule has 0 aromatic heterocycles. The Kier molecular flexibility index (Phi) is 25.5. The lowest BCUT2D eigenvalue weighted by Crippen LogP contribution is -2.62. The third-order valence-corrected chi connectivity index (χ3v) is 14.0. The summed E-state index contributed by atoms with van der Waals surface area (Å²) in [4.78, 5) is 26.8. The van der Waals surface area contributed by atoms with E-state index in [2.05, 4.69) is 5.32 Å². The Balaban J connectivity index is 1.60. The molecule has 18 heteroatoms. The molecule has 2 bridgehead atoms. The summed E-state index contributed by atoms with van der Waals surface area (Å²) >= 11 is 0. The van der Waals surface area contributed by atoms with E-state index in [9.17, 15) is 60.7 Å². The number of carbonyl (C=O) groups excluding carboxylic acids is 2. The second kappa shape index (κ2) is 30.1. The van der Waals surface area contributed by atoms with Crippen molar-refractivity contribution in [3.05, 3.63) is 85.1 Å². The van der Waals surface area contributed by atoms with Gasteiger partial charge in [0, 0.05) is 43.6 Å². The first kappa shape index (κ1) is 60.1. The zero-order valence-corrected chi connectivity index (χ0v) is 41.7. The highest BCUT2D eigenvalue weighted by Gasteiger charge is 2.51. The van der Waals surface area contributed by atoms with Crippen molar-refractivity contribution in [1.82, 2.24) is 5.32 Å². The van der Waals surface area contributed by atoms with Crippen LogP contribution in [-0.2, 0) is 28.5 Å². The van der Waals surface area contributed by atoms with Crippen LogP contribution in [0.5, 0.6) is 0 Å². The molecule has 18 nitrogen and oxygen atoms in total. The molecule has 0 aromatic rings. The number of aliphatic hydroxyl groups is 10. The Morgan fingerprint density at radius 2 is 1.24 bits per heavy atom. The van der Waals surface area contributed by atoms with Gasteiger partial charge in [-0.15, -0.1) is 0 Å². The maximum absolute atomic E-state index is 14.1. The third kappa shape index (κ3) is 20.1. The molecule has 3 aliphatic heterocycles. The Morgan fingerprint density at radius 1 is 0.648 bits per heavy atom. The van der Waals surface area contributed by atoms with Crippen molar-refractivity contribution in [1.29, 1.82) is 0 Å². The molecule has 0 unspecified atom stereocenters. The van der Waals surface area contributed by atoms with Gasteiger partial charge >= 0.3 is 5.97 Å². The molecule has 1 aliphatic carbocycles. The summed E-state index contributed by atoms with van der Waals surface area (Å²) < 4.78 is 23.9. The zero-order valence-electron chi connectivity index (χ0n) is 41.7. The summed E-state index contributed by atoms with van der Waals surface area (Å²) in [6, 6.07) is -1.25. The molecule has 0 radical (unpaired) electrons. The van der Waals surface area contributed by atoms with E-state index in [0.29, 0.717) is 0 Å². The van der Waals surface area contributed by atoms with Gasteiger partial charge in [0.1, 0.15) is 12.2 Å². The van der Waals surface area contributed by atoms with E-state index in [1.165, 1.54) is 0 Å². The van der Waals surface area contributed by atoms with Gasteiger partial charge in [-0.2, -0.15) is 0 Å². The fourth-order valence-electron chi connectivity index (χ4n) is 9.53. The van der Waals surface area contributed by atoms with Crippen LogP contribution in [0.15, 0.2) is 85.1 Å². The molecule has 1 amide bonds. The van der Waals surface area contributed by atoms with E-state index < -0.39 is 147 Å². The van der Waals surface area contributed by atoms with Crippen molar-refractivity contribution >= 4 is 11.9 Å². The number of carbonyl (C=O) groups is 2. The van der Waals surface area contributed by atoms with Gasteiger partial charge < -0.3 is 81.1 Å². The Morgan fingerprint density at radius 3 is 1.86 bits per heavy atom. The topological polar surface area (TPSA) is 311 Å². The largest absolute Gasteiger partial charge is 0.462 e. The van der Waals surface area contributed by atoms with Crippen molar-refractivity contribution in [3.63, 3.8) is 0 Å². The molecular weight excluding hydrogens is 921 g/mol. The number of fused-ring (bicyclic) bond motifs is 2. The highest BCUT2D eigenvalue weighted by Crippen LogP contribution is 2.38. The van der Waals surface area contributed by atoms with Gasteiger partial charge in [-0.3, -0.25) is 9.59 Å². The number of aliphatic hydroxyl groups excluding tert-OH is 9. The first-order chi connectivity index (χ1) is 33.7. The van der Waals surface area contributed by atoms with Crippen LogP contribution < -0.4 is 11.1 Å². The fraction of sp³-hybridized carbons (Fsp3) is 0.698. The number of ether oxygens (including phenoxy) is 4. The minimum Gasteiger partial charge on any atom is -0.462 e. The molecule has 3 heterocycles. The van der Waals surface area contributed by atoms with Crippen LogP contribution in [0.1, 0.15) is 111 Å². The van der Waals surface area contributed by atoms with Gasteiger partial charge in [0.2, 0.25) is 5.91 Å². The SMILES string of the molecule is C[C@@H]1[C@H](O)[C@@H](C)C=CC=CC=CC=CC=CC=CC=C[C@H](O[C@@H]2O[C@H](C)[C@@H](O)[C@H](N)[C@@H]2O)C[C@@H]2O[C@](O)(C[C@@H](O)C[C@@H](O)[C@H](O)CC[C@@H](O)C[C@@H](O)CC(=O)O[C@H]1C)C[C@H](O)[C@H]2C(=O)NC1CCCCC1. The fourth-order valence-corrected chi connectivity index (χ4v) is 9.53. The van der Waals surface area contributed by atoms with Gasteiger partial charge in [0.25, 0.3) is 0 Å². The molecule has 402 valence electrons. The summed E-state index contributed by atoms with van der Waals surface area (Å²) in [6.45, 7) is 6.83. The average Bonchev–Trinajstić information content (AvgIpc) is 3.30. The molecular formula is C53H84N2O16. The number of nitrogens with one attached hydrogen (secondary N) is 1. The second-order valence-electron chi connectivity index (χ2n) is 20.1. The van der Waals surface area contributed by atoms with Gasteiger partial charge in [-0.05, 0) is 46.0 Å². The maximum atomic E-state index is 14.1. The monoisotopic (exact) mass is 1000 g/mol. The molecule has 4 rings (SSSR count). The first-order valence-corrected chi connectivity index (χ1v) is 25.4. The van der Waals surface area contributed by atoms with E-state index in [4.69, 9.17) is 24.7 Å². The molecule has 13 N–H and O–H groups in total. The van der Waals surface area contributed by atoms with Crippen LogP contribution >= 0.6 is 0 Å². The molecule has 19 atom stereocenters. The Bertz CT molecular complexity index is 1820. The van der Waals surface area contributed by atoms with Crippen molar-refractivity contribution < 1.29 is 79.6 Å². The van der Waals surface area contributed by atoms with Crippen molar-refractivity contribution in [2.45, 2.75) is 215 Å². The van der Waals surface area contributed by atoms with Crippen LogP contribution in [0.3, 0.4) is 0 Å². The van der Waals surface area contributed by atoms with Gasteiger partial charge in [-0.1, -0.05) is 118 Å². The van der Waals surface area contributed by atoms with Crippen LogP contribution in [0.2, 0.25) is 0 Å². The van der Waals surface area contributed by atoms with Gasteiger partial charge in [0.05, 0.1) is 85.5 Å². The number of allylic oxidation sites excluding steroid dienone is 12. The van der Waals surface area contributed by atoms with E-state index in [1.807, 2.05) is 55.5 Å². The van der Waals surface area contributed by atoms with Gasteiger partial charge in [-0.25, -0.2) is 0 Å². The summed E-state index contributed by atoms with van der Waals surface area (Å²) in [5, 5.41) is 113. The molecule has 0 aromatic carbocycles. The van der Waals surface area contributed by atoms with E-state index in [0.717, 1.165) is 32.1 Å². The molecule has 4 aliphatic rings. The first-order valence-electron chi connectivity index (χ1n) is 25.4. The Labute approximate surface area is 418 Å². The molecule has 1 saturated carbocycles. The van der Waals surface area contributed by atoms with E-state index >= 15 is 0 Å². The summed E-state index contributed by atoms with van der Waals surface area (Å²) in [5.74, 6) is -5.41. The van der Waals surface area contributed by atoms with Crippen molar-refractivity contribution in [2.24, 2.45) is 23.5 Å². The molecule has 2 saturated heterocycles.